The second-order valence-corrected chi connectivity index (χ2v) is 5.48. The smallest absolute Gasteiger partial charge is 0.320 e. The third-order valence-corrected chi connectivity index (χ3v) is 3.61. The molecule has 0 heterocycles. The number of hydrogen-bond acceptors (Lipinski definition) is 3. The lowest BCUT2D eigenvalue weighted by atomic mass is 9.94. The first-order chi connectivity index (χ1) is 9.49. The molecule has 5 heteroatoms. The second kappa shape index (κ2) is 11.7. The third-order valence-electron chi connectivity index (χ3n) is 3.61. The summed E-state index contributed by atoms with van der Waals surface area (Å²) in [5.74, 6) is -2.71. The first-order valence-electron chi connectivity index (χ1n) is 7.70. The lowest BCUT2D eigenvalue weighted by Gasteiger charge is -2.14. The van der Waals surface area contributed by atoms with E-state index in [1.165, 1.54) is 32.1 Å². The molecule has 0 aliphatic carbocycles. The zero-order valence-corrected chi connectivity index (χ0v) is 12.5. The van der Waals surface area contributed by atoms with Gasteiger partial charge in [0.15, 0.2) is 0 Å². The van der Waals surface area contributed by atoms with Crippen molar-refractivity contribution in [1.82, 2.24) is 0 Å². The van der Waals surface area contributed by atoms with Crippen LogP contribution in [0.2, 0.25) is 0 Å². The molecule has 0 aliphatic rings. The molecule has 2 atom stereocenters. The fourth-order valence-electron chi connectivity index (χ4n) is 2.27. The van der Waals surface area contributed by atoms with E-state index in [-0.39, 0.29) is 6.42 Å². The molecule has 0 spiro atoms. The zero-order valence-electron chi connectivity index (χ0n) is 12.5. The van der Waals surface area contributed by atoms with Crippen LogP contribution >= 0.6 is 0 Å². The Hall–Kier alpha value is -1.10. The molecule has 0 fully saturated rings. The molecule has 0 saturated carbocycles. The third kappa shape index (κ3) is 9.78. The number of carboxylic acid groups (broad SMARTS) is 2. The number of unbranched alkanes of at least 4 members (excludes halogenated alkanes) is 7. The minimum atomic E-state index is -1.13. The molecule has 0 bridgehead atoms. The van der Waals surface area contributed by atoms with Gasteiger partial charge in [0.1, 0.15) is 6.04 Å². The summed E-state index contributed by atoms with van der Waals surface area (Å²) in [5.41, 5.74) is 5.39. The Morgan fingerprint density at radius 1 is 0.900 bits per heavy atom. The van der Waals surface area contributed by atoms with E-state index in [2.05, 4.69) is 6.92 Å². The molecule has 0 aromatic carbocycles. The van der Waals surface area contributed by atoms with E-state index < -0.39 is 23.9 Å². The number of aliphatic carboxylic acids is 2. The van der Waals surface area contributed by atoms with Gasteiger partial charge in [-0.1, -0.05) is 58.3 Å². The maximum Gasteiger partial charge on any atom is 0.320 e. The summed E-state index contributed by atoms with van der Waals surface area (Å²) in [5, 5.41) is 17.8. The van der Waals surface area contributed by atoms with E-state index in [1.807, 2.05) is 0 Å². The van der Waals surface area contributed by atoms with Crippen molar-refractivity contribution in [3.05, 3.63) is 0 Å². The van der Waals surface area contributed by atoms with Crippen LogP contribution in [0, 0.1) is 5.92 Å². The van der Waals surface area contributed by atoms with Crippen LogP contribution in [0.25, 0.3) is 0 Å². The molecule has 0 rings (SSSR count). The first-order valence-corrected chi connectivity index (χ1v) is 7.70. The summed E-state index contributed by atoms with van der Waals surface area (Å²) >= 11 is 0. The predicted molar refractivity (Wildman–Crippen MR) is 78.6 cm³/mol. The summed E-state index contributed by atoms with van der Waals surface area (Å²) in [6.45, 7) is 2.19. The van der Waals surface area contributed by atoms with Crippen LogP contribution in [0.15, 0.2) is 0 Å². The average Bonchev–Trinajstić information content (AvgIpc) is 2.39. The minimum absolute atomic E-state index is 0.0150. The summed E-state index contributed by atoms with van der Waals surface area (Å²) in [4.78, 5) is 21.7. The minimum Gasteiger partial charge on any atom is -0.481 e. The van der Waals surface area contributed by atoms with Crippen LogP contribution in [-0.2, 0) is 9.59 Å². The van der Waals surface area contributed by atoms with Crippen LogP contribution in [-0.4, -0.2) is 28.2 Å². The molecule has 0 aliphatic heterocycles. The van der Waals surface area contributed by atoms with E-state index in [0.717, 1.165) is 19.3 Å². The van der Waals surface area contributed by atoms with Crippen LogP contribution < -0.4 is 5.73 Å². The molecular weight excluding hydrogens is 258 g/mol. The van der Waals surface area contributed by atoms with Crippen molar-refractivity contribution in [3.63, 3.8) is 0 Å². The van der Waals surface area contributed by atoms with Crippen molar-refractivity contribution < 1.29 is 19.8 Å². The highest BCUT2D eigenvalue weighted by molar-refractivity contribution is 5.75. The van der Waals surface area contributed by atoms with Crippen LogP contribution in [0.3, 0.4) is 0 Å². The van der Waals surface area contributed by atoms with Crippen molar-refractivity contribution in [2.24, 2.45) is 11.7 Å². The van der Waals surface area contributed by atoms with E-state index in [1.54, 1.807) is 0 Å². The predicted octanol–water partition coefficient (Wildman–Crippen LogP) is 3.02. The summed E-state index contributed by atoms with van der Waals surface area (Å²) < 4.78 is 0. The topological polar surface area (TPSA) is 101 Å². The SMILES string of the molecule is CCCCCCCCCCC(C[C@H](N)C(=O)O)C(=O)O. The van der Waals surface area contributed by atoms with Crippen molar-refractivity contribution in [3.8, 4) is 0 Å². The number of carbonyl (C=O) groups is 2. The Morgan fingerprint density at radius 3 is 1.85 bits per heavy atom. The molecular formula is C15H29NO4. The van der Waals surface area contributed by atoms with E-state index >= 15 is 0 Å². The Balaban J connectivity index is 3.71. The van der Waals surface area contributed by atoms with Crippen molar-refractivity contribution in [1.29, 1.82) is 0 Å². The lowest BCUT2D eigenvalue weighted by molar-refractivity contribution is -0.143. The first kappa shape index (κ1) is 18.9. The molecule has 118 valence electrons. The number of rotatable bonds is 13. The maximum absolute atomic E-state index is 11.0. The Kier molecular flexibility index (Phi) is 11.1. The van der Waals surface area contributed by atoms with Gasteiger partial charge < -0.3 is 15.9 Å². The van der Waals surface area contributed by atoms with Gasteiger partial charge in [-0.05, 0) is 12.8 Å². The van der Waals surface area contributed by atoms with Gasteiger partial charge in [0.2, 0.25) is 0 Å². The monoisotopic (exact) mass is 287 g/mol. The molecule has 1 unspecified atom stereocenters. The van der Waals surface area contributed by atoms with Gasteiger partial charge in [-0.25, -0.2) is 0 Å². The van der Waals surface area contributed by atoms with E-state index in [9.17, 15) is 9.59 Å². The van der Waals surface area contributed by atoms with Crippen molar-refractivity contribution >= 4 is 11.9 Å². The summed E-state index contributed by atoms with van der Waals surface area (Å²) in [6, 6.07) is -1.08. The van der Waals surface area contributed by atoms with Crippen molar-refractivity contribution in [2.45, 2.75) is 77.2 Å². The zero-order chi connectivity index (χ0) is 15.4. The lowest BCUT2D eigenvalue weighted by Crippen LogP contribution is -2.34. The van der Waals surface area contributed by atoms with Crippen LogP contribution in [0.4, 0.5) is 0 Å². The van der Waals surface area contributed by atoms with Gasteiger partial charge in [-0.3, -0.25) is 9.59 Å². The number of carboxylic acids is 2. The Bertz CT molecular complexity index is 281. The number of hydrogen-bond donors (Lipinski definition) is 3. The summed E-state index contributed by atoms with van der Waals surface area (Å²) in [6.07, 6.45) is 9.76. The largest absolute Gasteiger partial charge is 0.481 e. The molecule has 0 saturated heterocycles. The van der Waals surface area contributed by atoms with Gasteiger partial charge in [-0.15, -0.1) is 0 Å². The normalized spacial score (nSPS) is 13.9. The highest BCUT2D eigenvalue weighted by Crippen LogP contribution is 2.17. The molecule has 0 amide bonds. The highest BCUT2D eigenvalue weighted by Gasteiger charge is 2.23. The van der Waals surface area contributed by atoms with Gasteiger partial charge >= 0.3 is 11.9 Å². The Labute approximate surface area is 121 Å². The van der Waals surface area contributed by atoms with Gasteiger partial charge in [0, 0.05) is 0 Å². The van der Waals surface area contributed by atoms with Gasteiger partial charge in [-0.2, -0.15) is 0 Å². The van der Waals surface area contributed by atoms with Gasteiger partial charge in [0.05, 0.1) is 5.92 Å². The maximum atomic E-state index is 11.0. The van der Waals surface area contributed by atoms with Crippen molar-refractivity contribution in [2.75, 3.05) is 0 Å². The average molecular weight is 287 g/mol. The number of nitrogens with two attached hydrogens (primary N) is 1. The molecule has 0 aromatic heterocycles. The summed E-state index contributed by atoms with van der Waals surface area (Å²) in [7, 11) is 0. The standard InChI is InChI=1S/C15H29NO4/c1-2-3-4-5-6-7-8-9-10-12(14(17)18)11-13(16)15(19)20/h12-13H,2-11,16H2,1H3,(H,17,18)(H,19,20)/t12?,13-/m0/s1. The Morgan fingerprint density at radius 2 is 1.40 bits per heavy atom. The second-order valence-electron chi connectivity index (χ2n) is 5.48. The molecule has 0 aromatic rings. The van der Waals surface area contributed by atoms with E-state index in [0.29, 0.717) is 6.42 Å². The fraction of sp³-hybridized carbons (Fsp3) is 0.867. The quantitative estimate of drug-likeness (QED) is 0.452. The van der Waals surface area contributed by atoms with Gasteiger partial charge in [0.25, 0.3) is 0 Å². The van der Waals surface area contributed by atoms with Crippen LogP contribution in [0.1, 0.15) is 71.1 Å². The molecule has 5 nitrogen and oxygen atoms in total. The molecule has 4 N–H and O–H groups in total. The fourth-order valence-corrected chi connectivity index (χ4v) is 2.27. The molecule has 20 heavy (non-hydrogen) atoms. The van der Waals surface area contributed by atoms with Crippen LogP contribution in [0.5, 0.6) is 0 Å². The molecule has 0 radical (unpaired) electrons. The van der Waals surface area contributed by atoms with E-state index in [4.69, 9.17) is 15.9 Å². The highest BCUT2D eigenvalue weighted by atomic mass is 16.4.